The van der Waals surface area contributed by atoms with Gasteiger partial charge in [0.25, 0.3) is 5.91 Å². The molecule has 1 aliphatic rings. The predicted octanol–water partition coefficient (Wildman–Crippen LogP) is 2.86. The minimum atomic E-state index is -1.38. The average Bonchev–Trinajstić information content (AvgIpc) is 3.54. The molecule has 1 atom stereocenters. The smallest absolute Gasteiger partial charge is 0.319 e. The van der Waals surface area contributed by atoms with Gasteiger partial charge in [0.1, 0.15) is 17.7 Å². The van der Waals surface area contributed by atoms with Crippen LogP contribution in [0.25, 0.3) is 11.4 Å². The van der Waals surface area contributed by atoms with Crippen LogP contribution in [-0.2, 0) is 10.3 Å². The minimum absolute atomic E-state index is 0.353. The van der Waals surface area contributed by atoms with Crippen molar-refractivity contribution in [1.82, 2.24) is 35.0 Å². The van der Waals surface area contributed by atoms with E-state index in [1.165, 1.54) is 23.1 Å². The second-order valence-electron chi connectivity index (χ2n) is 8.77. The summed E-state index contributed by atoms with van der Waals surface area (Å²) in [6.45, 7) is 4.70. The number of hydrogen-bond donors (Lipinski definition) is 1. The van der Waals surface area contributed by atoms with Gasteiger partial charge in [-0.1, -0.05) is 18.2 Å². The second-order valence-corrected chi connectivity index (χ2v) is 8.77. The molecule has 1 fully saturated rings. The van der Waals surface area contributed by atoms with E-state index in [1.807, 2.05) is 0 Å². The van der Waals surface area contributed by atoms with Crippen LogP contribution in [0.1, 0.15) is 34.2 Å². The minimum Gasteiger partial charge on any atom is -0.319 e. The molecule has 0 aliphatic carbocycles. The molecule has 1 N–H and O–H groups in total. The van der Waals surface area contributed by atoms with Gasteiger partial charge < -0.3 is 9.88 Å². The van der Waals surface area contributed by atoms with Crippen molar-refractivity contribution in [3.63, 3.8) is 0 Å². The third kappa shape index (κ3) is 3.74. The molecule has 182 valence electrons. The lowest BCUT2D eigenvalue weighted by Crippen LogP contribution is -2.41. The highest BCUT2D eigenvalue weighted by Gasteiger charge is 2.49. The highest BCUT2D eigenvalue weighted by Crippen LogP contribution is 2.30. The zero-order valence-electron chi connectivity index (χ0n) is 19.8. The summed E-state index contributed by atoms with van der Waals surface area (Å²) in [5.74, 6) is -1.34. The molecule has 36 heavy (non-hydrogen) atoms. The van der Waals surface area contributed by atoms with Crippen molar-refractivity contribution in [1.29, 1.82) is 0 Å². The summed E-state index contributed by atoms with van der Waals surface area (Å²) in [6, 6.07) is 14.0. The van der Waals surface area contributed by atoms with Gasteiger partial charge in [-0.2, -0.15) is 0 Å². The number of rotatable bonds is 6. The van der Waals surface area contributed by atoms with E-state index in [9.17, 15) is 18.8 Å². The molecule has 1 saturated heterocycles. The van der Waals surface area contributed by atoms with Crippen LogP contribution in [0.15, 0.2) is 60.9 Å². The molecule has 4 aromatic rings. The van der Waals surface area contributed by atoms with E-state index in [2.05, 4.69) is 20.8 Å². The summed E-state index contributed by atoms with van der Waals surface area (Å²) in [5.41, 5.74) is 2.00. The van der Waals surface area contributed by atoms with Gasteiger partial charge in [0, 0.05) is 22.6 Å². The number of nitrogens with one attached hydrogen (secondary N) is 1. The Labute approximate surface area is 205 Å². The summed E-state index contributed by atoms with van der Waals surface area (Å²) >= 11 is 0. The van der Waals surface area contributed by atoms with E-state index in [-0.39, 0.29) is 0 Å². The first-order chi connectivity index (χ1) is 17.2. The number of urea groups is 1. The van der Waals surface area contributed by atoms with Crippen LogP contribution < -0.4 is 5.32 Å². The van der Waals surface area contributed by atoms with E-state index in [0.717, 1.165) is 10.6 Å². The normalized spacial score (nSPS) is 17.5. The zero-order chi connectivity index (χ0) is 25.6. The first-order valence-electron chi connectivity index (χ1n) is 11.1. The fourth-order valence-corrected chi connectivity index (χ4v) is 4.56. The van der Waals surface area contributed by atoms with E-state index in [0.29, 0.717) is 28.2 Å². The summed E-state index contributed by atoms with van der Waals surface area (Å²) in [6.07, 6.45) is 1.42. The first kappa shape index (κ1) is 23.1. The number of nitrogens with zero attached hydrogens (tertiary/aromatic N) is 6. The molecule has 5 rings (SSSR count). The van der Waals surface area contributed by atoms with Crippen LogP contribution in [0.2, 0.25) is 0 Å². The van der Waals surface area contributed by atoms with Crippen molar-refractivity contribution in [3.05, 3.63) is 89.3 Å². The number of amides is 3. The highest BCUT2D eigenvalue weighted by atomic mass is 19.1. The third-order valence-corrected chi connectivity index (χ3v) is 6.41. The number of halogens is 1. The number of carbonyl (C=O) groups excluding carboxylic acids is 3. The van der Waals surface area contributed by atoms with E-state index in [1.54, 1.807) is 67.8 Å². The Morgan fingerprint density at radius 3 is 2.53 bits per heavy atom. The quantitative estimate of drug-likeness (QED) is 0.330. The molecular weight excluding hydrogens is 465 g/mol. The molecule has 10 nitrogen and oxygen atoms in total. The van der Waals surface area contributed by atoms with Crippen molar-refractivity contribution in [2.45, 2.75) is 26.3 Å². The van der Waals surface area contributed by atoms with Gasteiger partial charge in [-0.15, -0.1) is 5.10 Å². The van der Waals surface area contributed by atoms with Crippen LogP contribution in [-0.4, -0.2) is 53.9 Å². The number of benzene rings is 2. The summed E-state index contributed by atoms with van der Waals surface area (Å²) in [5, 5.41) is 13.8. The Morgan fingerprint density at radius 1 is 1.06 bits per heavy atom. The summed E-state index contributed by atoms with van der Waals surface area (Å²) < 4.78 is 17.0. The topological polar surface area (TPSA) is 115 Å². The Bertz CT molecular complexity index is 1510. The van der Waals surface area contributed by atoms with Crippen LogP contribution >= 0.6 is 0 Å². The molecular formula is C25H22FN7O3. The lowest BCUT2D eigenvalue weighted by molar-refractivity contribution is -0.130. The van der Waals surface area contributed by atoms with Crippen molar-refractivity contribution in [2.24, 2.45) is 0 Å². The molecule has 2 aromatic carbocycles. The van der Waals surface area contributed by atoms with E-state index >= 15 is 0 Å². The molecule has 0 radical (unpaired) electrons. The number of aryl methyl sites for hydroxylation is 1. The third-order valence-electron chi connectivity index (χ3n) is 6.41. The number of imide groups is 1. The number of Topliss-reactive ketones (excluding diaryl/α,β-unsaturated/α-hetero) is 1. The van der Waals surface area contributed by atoms with Gasteiger partial charge >= 0.3 is 6.03 Å². The zero-order valence-corrected chi connectivity index (χ0v) is 19.8. The van der Waals surface area contributed by atoms with Gasteiger partial charge in [-0.05, 0) is 73.2 Å². The lowest BCUT2D eigenvalue weighted by Gasteiger charge is -2.22. The molecule has 11 heteroatoms. The van der Waals surface area contributed by atoms with Gasteiger partial charge in [-0.3, -0.25) is 14.5 Å². The summed E-state index contributed by atoms with van der Waals surface area (Å²) in [4.78, 5) is 40.4. The Balaban J connectivity index is 1.41. The molecule has 1 aliphatic heterocycles. The Morgan fingerprint density at radius 2 is 1.81 bits per heavy atom. The van der Waals surface area contributed by atoms with Gasteiger partial charge in [0.2, 0.25) is 0 Å². The molecule has 0 spiro atoms. The maximum Gasteiger partial charge on any atom is 0.325 e. The maximum absolute atomic E-state index is 13.8. The molecule has 0 bridgehead atoms. The second kappa shape index (κ2) is 8.52. The molecule has 3 heterocycles. The number of hydrogen-bond acceptors (Lipinski definition) is 6. The average molecular weight is 487 g/mol. The number of aromatic nitrogens is 5. The monoisotopic (exact) mass is 487 g/mol. The van der Waals surface area contributed by atoms with E-state index < -0.39 is 35.6 Å². The van der Waals surface area contributed by atoms with Crippen LogP contribution in [0.5, 0.6) is 0 Å². The lowest BCUT2D eigenvalue weighted by atomic mass is 9.91. The van der Waals surface area contributed by atoms with E-state index in [4.69, 9.17) is 0 Å². The summed E-state index contributed by atoms with van der Waals surface area (Å²) in [7, 11) is 0. The molecule has 3 amide bonds. The fourth-order valence-electron chi connectivity index (χ4n) is 4.56. The number of ketones is 1. The van der Waals surface area contributed by atoms with Gasteiger partial charge in [0.05, 0.1) is 12.2 Å². The Kier molecular flexibility index (Phi) is 5.47. The Hall–Kier alpha value is -4.67. The largest absolute Gasteiger partial charge is 0.325 e. The molecule has 0 unspecified atom stereocenters. The SMILES string of the molecule is Cc1cc(C(=O)CN2C(=O)N[C@@](C)(c3cccc(-n4cnnn4)c3)C2=O)c(C)n1-c1cccc(F)c1. The fraction of sp³-hybridized carbons (Fsp3) is 0.200. The van der Waals surface area contributed by atoms with Crippen LogP contribution in [0, 0.1) is 19.7 Å². The van der Waals surface area contributed by atoms with Crippen molar-refractivity contribution in [2.75, 3.05) is 6.54 Å². The van der Waals surface area contributed by atoms with Crippen molar-refractivity contribution >= 4 is 17.7 Å². The van der Waals surface area contributed by atoms with Gasteiger partial charge in [0.15, 0.2) is 5.78 Å². The maximum atomic E-state index is 13.8. The van der Waals surface area contributed by atoms with Crippen LogP contribution in [0.4, 0.5) is 9.18 Å². The number of carbonyl (C=O) groups is 3. The molecule has 0 saturated carbocycles. The number of tetrazole rings is 1. The first-order valence-corrected chi connectivity index (χ1v) is 11.1. The van der Waals surface area contributed by atoms with Crippen molar-refractivity contribution < 1.29 is 18.8 Å². The molecule has 2 aromatic heterocycles. The van der Waals surface area contributed by atoms with Gasteiger partial charge in [-0.25, -0.2) is 13.9 Å². The standard InChI is InChI=1S/C25H22FN7O3/c1-15-10-21(16(2)33(15)20-9-5-7-18(26)12-20)22(34)13-31-23(35)25(3,28-24(31)36)17-6-4-8-19(11-17)32-14-27-29-30-32/h4-12,14H,13H2,1-3H3,(H,28,36)/t25-/m0/s1. The predicted molar refractivity (Wildman–Crippen MR) is 126 cm³/mol. The van der Waals surface area contributed by atoms with Crippen molar-refractivity contribution in [3.8, 4) is 11.4 Å². The van der Waals surface area contributed by atoms with Crippen LogP contribution in [0.3, 0.4) is 0 Å². The highest BCUT2D eigenvalue weighted by molar-refractivity contribution is 6.11.